The zero-order valence-corrected chi connectivity index (χ0v) is 12.3. The Morgan fingerprint density at radius 3 is 2.63 bits per heavy atom. The number of aliphatic hydroxyl groups excluding tert-OH is 1. The third-order valence-corrected chi connectivity index (χ3v) is 5.34. The fourth-order valence-corrected chi connectivity index (χ4v) is 3.49. The van der Waals surface area contributed by atoms with Crippen molar-refractivity contribution in [2.24, 2.45) is 5.92 Å². The smallest absolute Gasteiger partial charge is 0.242 e. The van der Waals surface area contributed by atoms with Crippen molar-refractivity contribution >= 4 is 38.9 Å². The molecule has 0 aliphatic heterocycles. The molecular formula is C11H14Cl2N2O3S. The predicted molar refractivity (Wildman–Crippen MR) is 74.8 cm³/mol. The van der Waals surface area contributed by atoms with Crippen molar-refractivity contribution in [2.45, 2.75) is 23.8 Å². The molecular weight excluding hydrogens is 311 g/mol. The fraction of sp³-hybridized carbons (Fsp3) is 0.455. The lowest BCUT2D eigenvalue weighted by Crippen LogP contribution is -2.33. The molecule has 8 heteroatoms. The first kappa shape index (κ1) is 14.9. The molecule has 19 heavy (non-hydrogen) atoms. The molecule has 0 bridgehead atoms. The van der Waals surface area contributed by atoms with Gasteiger partial charge in [-0.15, -0.1) is 0 Å². The second-order valence-electron chi connectivity index (χ2n) is 4.53. The van der Waals surface area contributed by atoms with Gasteiger partial charge in [0.1, 0.15) is 4.90 Å². The van der Waals surface area contributed by atoms with Crippen LogP contribution in [0.1, 0.15) is 12.8 Å². The summed E-state index contributed by atoms with van der Waals surface area (Å²) >= 11 is 11.6. The Morgan fingerprint density at radius 1 is 1.42 bits per heavy atom. The van der Waals surface area contributed by atoms with Crippen LogP contribution in [0.25, 0.3) is 0 Å². The highest BCUT2D eigenvalue weighted by Gasteiger charge is 2.31. The summed E-state index contributed by atoms with van der Waals surface area (Å²) in [5, 5.41) is 9.75. The number of nitrogen functional groups attached to an aromatic ring is 1. The number of nitrogens with one attached hydrogen (secondary N) is 1. The van der Waals surface area contributed by atoms with Crippen LogP contribution in [0.15, 0.2) is 17.0 Å². The summed E-state index contributed by atoms with van der Waals surface area (Å²) in [6.07, 6.45) is 1.19. The van der Waals surface area contributed by atoms with Crippen molar-refractivity contribution in [3.63, 3.8) is 0 Å². The molecule has 1 aromatic carbocycles. The van der Waals surface area contributed by atoms with Gasteiger partial charge in [0.25, 0.3) is 0 Å². The van der Waals surface area contributed by atoms with Gasteiger partial charge < -0.3 is 10.8 Å². The molecule has 0 heterocycles. The van der Waals surface area contributed by atoms with E-state index in [0.29, 0.717) is 0 Å². The first-order valence-electron chi connectivity index (χ1n) is 5.74. The zero-order valence-electron chi connectivity index (χ0n) is 9.94. The van der Waals surface area contributed by atoms with Gasteiger partial charge in [-0.05, 0) is 30.9 Å². The van der Waals surface area contributed by atoms with E-state index >= 15 is 0 Å². The van der Waals surface area contributed by atoms with Crippen LogP contribution in [0, 0.1) is 5.92 Å². The summed E-state index contributed by atoms with van der Waals surface area (Å²) in [5.74, 6) is 0.188. The summed E-state index contributed by atoms with van der Waals surface area (Å²) in [5.41, 5.74) is 5.61. The minimum Gasteiger partial charge on any atom is -0.396 e. The zero-order chi connectivity index (χ0) is 14.2. The molecule has 2 rings (SSSR count). The number of hydrogen-bond acceptors (Lipinski definition) is 4. The van der Waals surface area contributed by atoms with Crippen LogP contribution in [-0.2, 0) is 10.0 Å². The fourth-order valence-electron chi connectivity index (χ4n) is 1.68. The van der Waals surface area contributed by atoms with E-state index in [1.54, 1.807) is 0 Å². The standard InChI is InChI=1S/C11H14Cl2N2O3S/c12-7-3-4-9(10(13)11(7)14)19(17,18)15-5-8(16)6-1-2-6/h3-4,6,8,15-16H,1-2,5,14H2. The molecule has 1 aromatic rings. The Balaban J connectivity index is 2.17. The summed E-state index contributed by atoms with van der Waals surface area (Å²) in [7, 11) is -3.81. The highest BCUT2D eigenvalue weighted by molar-refractivity contribution is 7.89. The topological polar surface area (TPSA) is 92.4 Å². The lowest BCUT2D eigenvalue weighted by Gasteiger charge is -2.13. The van der Waals surface area contributed by atoms with Crippen molar-refractivity contribution in [3.8, 4) is 0 Å². The van der Waals surface area contributed by atoms with E-state index in [1.165, 1.54) is 12.1 Å². The first-order valence-corrected chi connectivity index (χ1v) is 7.98. The Morgan fingerprint density at radius 2 is 2.05 bits per heavy atom. The van der Waals surface area contributed by atoms with Gasteiger partial charge in [-0.1, -0.05) is 23.2 Å². The Kier molecular flexibility index (Phi) is 4.27. The van der Waals surface area contributed by atoms with E-state index in [-0.39, 0.29) is 33.1 Å². The largest absolute Gasteiger partial charge is 0.396 e. The summed E-state index contributed by atoms with van der Waals surface area (Å²) in [6, 6.07) is 2.65. The number of hydrogen-bond donors (Lipinski definition) is 3. The van der Waals surface area contributed by atoms with Gasteiger partial charge >= 0.3 is 0 Å². The Hall–Kier alpha value is -0.530. The van der Waals surface area contributed by atoms with Crippen LogP contribution in [0.3, 0.4) is 0 Å². The Labute approximate surface area is 121 Å². The van der Waals surface area contributed by atoms with Crippen molar-refractivity contribution in [2.75, 3.05) is 12.3 Å². The van der Waals surface area contributed by atoms with Crippen molar-refractivity contribution in [1.29, 1.82) is 0 Å². The van der Waals surface area contributed by atoms with Crippen LogP contribution < -0.4 is 10.5 Å². The maximum absolute atomic E-state index is 12.1. The molecule has 1 saturated carbocycles. The summed E-state index contributed by atoms with van der Waals surface area (Å²) in [6.45, 7) is -0.0359. The second-order valence-corrected chi connectivity index (χ2v) is 7.05. The van der Waals surface area contributed by atoms with Crippen LogP contribution in [-0.4, -0.2) is 26.2 Å². The van der Waals surface area contributed by atoms with E-state index in [1.807, 2.05) is 0 Å². The minimum absolute atomic E-state index is 0.0222. The average molecular weight is 325 g/mol. The molecule has 0 aromatic heterocycles. The van der Waals surface area contributed by atoms with Gasteiger partial charge in [0.2, 0.25) is 10.0 Å². The predicted octanol–water partition coefficient (Wildman–Crippen LogP) is 1.62. The summed E-state index contributed by atoms with van der Waals surface area (Å²) < 4.78 is 26.4. The van der Waals surface area contributed by atoms with Crippen LogP contribution in [0.4, 0.5) is 5.69 Å². The van der Waals surface area contributed by atoms with Crippen LogP contribution >= 0.6 is 23.2 Å². The monoisotopic (exact) mass is 324 g/mol. The van der Waals surface area contributed by atoms with E-state index < -0.39 is 16.1 Å². The molecule has 4 N–H and O–H groups in total. The molecule has 0 spiro atoms. The van der Waals surface area contributed by atoms with Gasteiger partial charge in [-0.25, -0.2) is 13.1 Å². The number of anilines is 1. The van der Waals surface area contributed by atoms with Gasteiger partial charge in [-0.3, -0.25) is 0 Å². The van der Waals surface area contributed by atoms with Crippen LogP contribution in [0.5, 0.6) is 0 Å². The molecule has 1 fully saturated rings. The molecule has 0 amide bonds. The van der Waals surface area contributed by atoms with Gasteiger partial charge in [0, 0.05) is 6.54 Å². The lowest BCUT2D eigenvalue weighted by atomic mass is 10.2. The third-order valence-electron chi connectivity index (χ3n) is 3.03. The molecule has 0 saturated heterocycles. The summed E-state index contributed by atoms with van der Waals surface area (Å²) in [4.78, 5) is -0.140. The van der Waals surface area contributed by atoms with E-state index in [9.17, 15) is 13.5 Å². The van der Waals surface area contributed by atoms with Crippen molar-refractivity contribution in [1.82, 2.24) is 4.72 Å². The number of halogens is 2. The van der Waals surface area contributed by atoms with Gasteiger partial charge in [-0.2, -0.15) is 0 Å². The highest BCUT2D eigenvalue weighted by atomic mass is 35.5. The molecule has 5 nitrogen and oxygen atoms in total. The molecule has 1 unspecified atom stereocenters. The maximum Gasteiger partial charge on any atom is 0.242 e. The molecule has 106 valence electrons. The number of benzene rings is 1. The molecule has 1 aliphatic rings. The maximum atomic E-state index is 12.1. The van der Waals surface area contributed by atoms with Crippen molar-refractivity contribution in [3.05, 3.63) is 22.2 Å². The average Bonchev–Trinajstić information content (AvgIpc) is 3.17. The Bertz CT molecular complexity index is 588. The number of nitrogens with two attached hydrogens (primary N) is 1. The third kappa shape index (κ3) is 3.32. The number of aliphatic hydroxyl groups is 1. The van der Waals surface area contributed by atoms with E-state index in [2.05, 4.69) is 4.72 Å². The van der Waals surface area contributed by atoms with E-state index in [4.69, 9.17) is 28.9 Å². The quantitative estimate of drug-likeness (QED) is 0.717. The van der Waals surface area contributed by atoms with Gasteiger partial charge in [0.15, 0.2) is 0 Å². The lowest BCUT2D eigenvalue weighted by molar-refractivity contribution is 0.155. The normalized spacial score (nSPS) is 17.4. The molecule has 0 radical (unpaired) electrons. The number of rotatable bonds is 5. The first-order chi connectivity index (χ1) is 8.83. The van der Waals surface area contributed by atoms with E-state index in [0.717, 1.165) is 12.8 Å². The SMILES string of the molecule is Nc1c(Cl)ccc(S(=O)(=O)NCC(O)C2CC2)c1Cl. The second kappa shape index (κ2) is 5.46. The van der Waals surface area contributed by atoms with Gasteiger partial charge in [0.05, 0.1) is 21.8 Å². The number of sulfonamides is 1. The minimum atomic E-state index is -3.81. The van der Waals surface area contributed by atoms with Crippen molar-refractivity contribution < 1.29 is 13.5 Å². The molecule has 1 atom stereocenters. The van der Waals surface area contributed by atoms with Crippen LogP contribution in [0.2, 0.25) is 10.0 Å². The molecule has 1 aliphatic carbocycles. The highest BCUT2D eigenvalue weighted by Crippen LogP contribution is 2.34.